The van der Waals surface area contributed by atoms with Crippen LogP contribution in [0, 0.1) is 17.2 Å². The standard InChI is InChI=1S/C14H16NO/c1-5-11(4)12-7-6-8-14(13(12)9-15)16-10(2)3/h5-8,10H,1H2,2-4H3. The summed E-state index contributed by atoms with van der Waals surface area (Å²) in [5.41, 5.74) is 1.46. The molecule has 0 atom stereocenters. The Labute approximate surface area is 97.2 Å². The van der Waals surface area contributed by atoms with E-state index < -0.39 is 0 Å². The zero-order valence-corrected chi connectivity index (χ0v) is 9.95. The Morgan fingerprint density at radius 3 is 2.69 bits per heavy atom. The third kappa shape index (κ3) is 2.64. The average Bonchev–Trinajstić information content (AvgIpc) is 2.27. The lowest BCUT2D eigenvalue weighted by atomic mass is 9.96. The molecule has 0 saturated heterocycles. The Kier molecular flexibility index (Phi) is 4.13. The van der Waals surface area contributed by atoms with E-state index in [0.717, 1.165) is 11.5 Å². The van der Waals surface area contributed by atoms with Crippen molar-refractivity contribution in [2.45, 2.75) is 26.9 Å². The van der Waals surface area contributed by atoms with Gasteiger partial charge in [0.15, 0.2) is 0 Å². The molecule has 0 aliphatic heterocycles. The molecule has 0 saturated carbocycles. The maximum absolute atomic E-state index is 9.18. The van der Waals surface area contributed by atoms with Gasteiger partial charge in [-0.2, -0.15) is 5.26 Å². The van der Waals surface area contributed by atoms with Gasteiger partial charge in [0.25, 0.3) is 0 Å². The van der Waals surface area contributed by atoms with Crippen LogP contribution in [0.4, 0.5) is 0 Å². The summed E-state index contributed by atoms with van der Waals surface area (Å²) < 4.78 is 5.60. The van der Waals surface area contributed by atoms with Crippen molar-refractivity contribution in [3.63, 3.8) is 0 Å². The number of nitriles is 1. The highest BCUT2D eigenvalue weighted by Gasteiger charge is 2.13. The van der Waals surface area contributed by atoms with Crippen LogP contribution in [0.2, 0.25) is 0 Å². The fraction of sp³-hybridized carbons (Fsp3) is 0.286. The summed E-state index contributed by atoms with van der Waals surface area (Å²) in [7, 11) is 0. The highest BCUT2D eigenvalue weighted by atomic mass is 16.5. The zero-order valence-electron chi connectivity index (χ0n) is 9.95. The van der Waals surface area contributed by atoms with Crippen LogP contribution >= 0.6 is 0 Å². The number of ether oxygens (including phenoxy) is 1. The van der Waals surface area contributed by atoms with Crippen LogP contribution in [0.5, 0.6) is 5.75 Å². The first-order valence-corrected chi connectivity index (χ1v) is 5.26. The van der Waals surface area contributed by atoms with Crippen molar-refractivity contribution in [1.29, 1.82) is 5.26 Å². The lowest BCUT2D eigenvalue weighted by Crippen LogP contribution is -2.08. The molecule has 0 aliphatic rings. The van der Waals surface area contributed by atoms with Crippen LogP contribution in [0.3, 0.4) is 0 Å². The van der Waals surface area contributed by atoms with Crippen LogP contribution in [-0.4, -0.2) is 6.10 Å². The molecular formula is C14H16NO. The molecule has 0 aliphatic carbocycles. The molecule has 0 amide bonds. The van der Waals surface area contributed by atoms with Crippen LogP contribution < -0.4 is 4.74 Å². The first kappa shape index (κ1) is 12.3. The van der Waals surface area contributed by atoms with Crippen molar-refractivity contribution in [3.05, 3.63) is 47.9 Å². The number of benzene rings is 1. The monoisotopic (exact) mass is 214 g/mol. The molecule has 0 heterocycles. The summed E-state index contributed by atoms with van der Waals surface area (Å²) in [6, 6.07) is 7.80. The molecule has 0 bridgehead atoms. The zero-order chi connectivity index (χ0) is 12.1. The van der Waals surface area contributed by atoms with Gasteiger partial charge in [-0.15, -0.1) is 6.58 Å². The molecule has 0 fully saturated rings. The van der Waals surface area contributed by atoms with E-state index in [1.807, 2.05) is 39.0 Å². The van der Waals surface area contributed by atoms with E-state index in [1.54, 1.807) is 6.08 Å². The third-order valence-electron chi connectivity index (χ3n) is 2.23. The highest BCUT2D eigenvalue weighted by molar-refractivity contribution is 5.55. The van der Waals surface area contributed by atoms with Gasteiger partial charge >= 0.3 is 0 Å². The van der Waals surface area contributed by atoms with E-state index in [1.165, 1.54) is 0 Å². The molecule has 16 heavy (non-hydrogen) atoms. The maximum atomic E-state index is 9.18. The lowest BCUT2D eigenvalue weighted by molar-refractivity contribution is 0.241. The maximum Gasteiger partial charge on any atom is 0.137 e. The van der Waals surface area contributed by atoms with E-state index in [4.69, 9.17) is 4.74 Å². The van der Waals surface area contributed by atoms with Gasteiger partial charge in [0.05, 0.1) is 11.7 Å². The van der Waals surface area contributed by atoms with E-state index in [9.17, 15) is 5.26 Å². The van der Waals surface area contributed by atoms with Crippen LogP contribution in [0.1, 0.15) is 31.9 Å². The highest BCUT2D eigenvalue weighted by Crippen LogP contribution is 2.27. The minimum atomic E-state index is 0.0615. The molecular weight excluding hydrogens is 198 g/mol. The van der Waals surface area contributed by atoms with E-state index in [0.29, 0.717) is 11.3 Å². The Morgan fingerprint density at radius 1 is 1.50 bits per heavy atom. The fourth-order valence-corrected chi connectivity index (χ4v) is 1.44. The van der Waals surface area contributed by atoms with Crippen LogP contribution in [-0.2, 0) is 0 Å². The second kappa shape index (κ2) is 5.37. The van der Waals surface area contributed by atoms with Gasteiger partial charge < -0.3 is 4.74 Å². The van der Waals surface area contributed by atoms with Crippen molar-refractivity contribution in [3.8, 4) is 11.8 Å². The third-order valence-corrected chi connectivity index (χ3v) is 2.23. The first-order valence-electron chi connectivity index (χ1n) is 5.26. The Bertz CT molecular complexity index is 415. The molecule has 0 spiro atoms. The predicted octanol–water partition coefficient (Wildman–Crippen LogP) is 3.47. The number of hydrogen-bond acceptors (Lipinski definition) is 2. The summed E-state index contributed by atoms with van der Waals surface area (Å²) in [5, 5.41) is 9.18. The second-order valence-corrected chi connectivity index (χ2v) is 3.84. The normalized spacial score (nSPS) is 10.2. The van der Waals surface area contributed by atoms with E-state index >= 15 is 0 Å². The number of hydrogen-bond donors (Lipinski definition) is 0. The van der Waals surface area contributed by atoms with Crippen molar-refractivity contribution >= 4 is 0 Å². The molecule has 1 radical (unpaired) electrons. The Morgan fingerprint density at radius 2 is 2.19 bits per heavy atom. The quantitative estimate of drug-likeness (QED) is 0.768. The molecule has 1 rings (SSSR count). The topological polar surface area (TPSA) is 33.0 Å². The summed E-state index contributed by atoms with van der Waals surface area (Å²) in [6.45, 7) is 9.53. The summed E-state index contributed by atoms with van der Waals surface area (Å²) >= 11 is 0. The van der Waals surface area contributed by atoms with E-state index in [2.05, 4.69) is 12.6 Å². The predicted molar refractivity (Wildman–Crippen MR) is 65.1 cm³/mol. The summed E-state index contributed by atoms with van der Waals surface area (Å²) in [4.78, 5) is 0. The molecule has 0 N–H and O–H groups in total. The van der Waals surface area contributed by atoms with Gasteiger partial charge in [0, 0.05) is 5.92 Å². The first-order chi connectivity index (χ1) is 7.60. The van der Waals surface area contributed by atoms with Gasteiger partial charge in [0.2, 0.25) is 0 Å². The number of allylic oxidation sites excluding steroid dienone is 1. The smallest absolute Gasteiger partial charge is 0.137 e. The van der Waals surface area contributed by atoms with Gasteiger partial charge in [-0.1, -0.05) is 25.1 Å². The Balaban J connectivity index is 3.21. The van der Waals surface area contributed by atoms with Gasteiger partial charge in [-0.25, -0.2) is 0 Å². The fourth-order valence-electron chi connectivity index (χ4n) is 1.44. The molecule has 1 aromatic rings. The molecule has 2 nitrogen and oxygen atoms in total. The molecule has 1 aromatic carbocycles. The largest absolute Gasteiger partial charge is 0.490 e. The minimum absolute atomic E-state index is 0.0615. The minimum Gasteiger partial charge on any atom is -0.490 e. The molecule has 0 unspecified atom stereocenters. The molecule has 2 heteroatoms. The SMILES string of the molecule is C=C[C](C)c1cccc(OC(C)C)c1C#N. The van der Waals surface area contributed by atoms with Crippen molar-refractivity contribution in [2.75, 3.05) is 0 Å². The number of nitrogens with zero attached hydrogens (tertiary/aromatic N) is 1. The number of rotatable bonds is 4. The van der Waals surface area contributed by atoms with Crippen molar-refractivity contribution < 1.29 is 4.74 Å². The van der Waals surface area contributed by atoms with Gasteiger partial charge in [-0.05, 0) is 25.5 Å². The van der Waals surface area contributed by atoms with Crippen molar-refractivity contribution in [2.24, 2.45) is 0 Å². The molecule has 83 valence electrons. The summed E-state index contributed by atoms with van der Waals surface area (Å²) in [6.07, 6.45) is 1.81. The van der Waals surface area contributed by atoms with E-state index in [-0.39, 0.29) is 6.10 Å². The van der Waals surface area contributed by atoms with Crippen LogP contribution in [0.25, 0.3) is 0 Å². The lowest BCUT2D eigenvalue weighted by Gasteiger charge is -2.15. The van der Waals surface area contributed by atoms with Gasteiger partial charge in [-0.3, -0.25) is 0 Å². The van der Waals surface area contributed by atoms with Crippen molar-refractivity contribution in [1.82, 2.24) is 0 Å². The average molecular weight is 214 g/mol. The summed E-state index contributed by atoms with van der Waals surface area (Å²) in [5.74, 6) is 1.61. The Hall–Kier alpha value is -1.75. The van der Waals surface area contributed by atoms with Gasteiger partial charge in [0.1, 0.15) is 11.8 Å². The second-order valence-electron chi connectivity index (χ2n) is 3.84. The molecule has 0 aromatic heterocycles. The van der Waals surface area contributed by atoms with Crippen LogP contribution in [0.15, 0.2) is 30.9 Å².